The molecule has 1 N–H and O–H groups in total. The molecule has 0 spiro atoms. The molecule has 26 heavy (non-hydrogen) atoms. The number of nitrogens with one attached hydrogen (secondary N) is 1. The van der Waals surface area contributed by atoms with Gasteiger partial charge in [0.25, 0.3) is 5.69 Å². The lowest BCUT2D eigenvalue weighted by atomic mass is 10.1. The van der Waals surface area contributed by atoms with Crippen LogP contribution in [0, 0.1) is 16.0 Å². The molecular formula is C19H19N5O2. The highest BCUT2D eigenvalue weighted by Gasteiger charge is 2.25. The number of pyridine rings is 2. The van der Waals surface area contributed by atoms with E-state index in [9.17, 15) is 10.1 Å². The molecule has 132 valence electrons. The summed E-state index contributed by atoms with van der Waals surface area (Å²) in [5.74, 6) is 1.39. The van der Waals surface area contributed by atoms with Gasteiger partial charge in [-0.05, 0) is 36.6 Å². The van der Waals surface area contributed by atoms with Gasteiger partial charge >= 0.3 is 0 Å². The smallest absolute Gasteiger partial charge is 0.278 e. The number of fused-ring (bicyclic) bond motifs is 1. The SMILES string of the molecule is O=[N+]([O-])c1ccc(N2CC[C@@H](CNc3ccccn3)C2)c2ccncc12. The van der Waals surface area contributed by atoms with Gasteiger partial charge in [-0.2, -0.15) is 0 Å². The summed E-state index contributed by atoms with van der Waals surface area (Å²) < 4.78 is 0. The quantitative estimate of drug-likeness (QED) is 0.561. The van der Waals surface area contributed by atoms with Crippen LogP contribution in [0.5, 0.6) is 0 Å². The highest BCUT2D eigenvalue weighted by Crippen LogP contribution is 2.35. The van der Waals surface area contributed by atoms with Crippen LogP contribution in [-0.2, 0) is 0 Å². The predicted molar refractivity (Wildman–Crippen MR) is 101 cm³/mol. The fourth-order valence-electron chi connectivity index (χ4n) is 3.53. The zero-order valence-electron chi connectivity index (χ0n) is 14.2. The second kappa shape index (κ2) is 6.95. The molecule has 7 nitrogen and oxygen atoms in total. The number of aromatic nitrogens is 2. The lowest BCUT2D eigenvalue weighted by Crippen LogP contribution is -2.22. The van der Waals surface area contributed by atoms with Crippen molar-refractivity contribution in [3.05, 3.63) is 65.1 Å². The van der Waals surface area contributed by atoms with Crippen LogP contribution in [-0.4, -0.2) is 34.5 Å². The first-order chi connectivity index (χ1) is 12.7. The van der Waals surface area contributed by atoms with E-state index in [0.717, 1.165) is 42.9 Å². The predicted octanol–water partition coefficient (Wildman–Crippen LogP) is 3.48. The van der Waals surface area contributed by atoms with Gasteiger partial charge in [-0.3, -0.25) is 15.1 Å². The van der Waals surface area contributed by atoms with E-state index in [1.165, 1.54) is 0 Å². The molecule has 4 rings (SSSR count). The first-order valence-electron chi connectivity index (χ1n) is 8.63. The minimum atomic E-state index is -0.350. The maximum atomic E-state index is 11.3. The highest BCUT2D eigenvalue weighted by atomic mass is 16.6. The highest BCUT2D eigenvalue weighted by molar-refractivity contribution is 5.99. The second-order valence-electron chi connectivity index (χ2n) is 6.48. The third-order valence-electron chi connectivity index (χ3n) is 4.83. The largest absolute Gasteiger partial charge is 0.371 e. The summed E-state index contributed by atoms with van der Waals surface area (Å²) in [6, 6.07) is 11.1. The van der Waals surface area contributed by atoms with Gasteiger partial charge in [0.1, 0.15) is 5.82 Å². The monoisotopic (exact) mass is 349 g/mol. The van der Waals surface area contributed by atoms with Crippen molar-refractivity contribution < 1.29 is 4.92 Å². The number of nitro groups is 1. The lowest BCUT2D eigenvalue weighted by molar-refractivity contribution is -0.383. The Balaban J connectivity index is 1.52. The van der Waals surface area contributed by atoms with Crippen molar-refractivity contribution in [3.63, 3.8) is 0 Å². The summed E-state index contributed by atoms with van der Waals surface area (Å²) in [4.78, 5) is 21.6. The number of hydrogen-bond acceptors (Lipinski definition) is 6. The molecule has 3 heterocycles. The Morgan fingerprint density at radius 3 is 2.92 bits per heavy atom. The molecule has 3 aromatic rings. The maximum Gasteiger partial charge on any atom is 0.278 e. The van der Waals surface area contributed by atoms with Gasteiger partial charge in [0.05, 0.1) is 10.3 Å². The Morgan fingerprint density at radius 1 is 1.19 bits per heavy atom. The number of non-ortho nitro benzene ring substituents is 1. The molecule has 1 fully saturated rings. The minimum absolute atomic E-state index is 0.101. The molecule has 2 aromatic heterocycles. The van der Waals surface area contributed by atoms with Crippen LogP contribution in [0.4, 0.5) is 17.2 Å². The molecule has 7 heteroatoms. The Labute approximate surface area is 150 Å². The van der Waals surface area contributed by atoms with Crippen molar-refractivity contribution in [1.82, 2.24) is 9.97 Å². The lowest BCUT2D eigenvalue weighted by Gasteiger charge is -2.21. The topological polar surface area (TPSA) is 84.2 Å². The Hall–Kier alpha value is -3.22. The Morgan fingerprint density at radius 2 is 2.12 bits per heavy atom. The van der Waals surface area contributed by atoms with Crippen LogP contribution < -0.4 is 10.2 Å². The van der Waals surface area contributed by atoms with E-state index >= 15 is 0 Å². The zero-order chi connectivity index (χ0) is 17.9. The fraction of sp³-hybridized carbons (Fsp3) is 0.263. The molecule has 1 saturated heterocycles. The fourth-order valence-corrected chi connectivity index (χ4v) is 3.53. The van der Waals surface area contributed by atoms with E-state index in [1.807, 2.05) is 30.3 Å². The molecule has 0 bridgehead atoms. The first-order valence-corrected chi connectivity index (χ1v) is 8.63. The maximum absolute atomic E-state index is 11.3. The second-order valence-corrected chi connectivity index (χ2v) is 6.48. The van der Waals surface area contributed by atoms with Crippen LogP contribution in [0.15, 0.2) is 55.0 Å². The molecule has 0 amide bonds. The third-order valence-corrected chi connectivity index (χ3v) is 4.83. The van der Waals surface area contributed by atoms with Crippen LogP contribution in [0.25, 0.3) is 10.8 Å². The van der Waals surface area contributed by atoms with Crippen molar-refractivity contribution in [2.75, 3.05) is 29.9 Å². The van der Waals surface area contributed by atoms with Crippen molar-refractivity contribution >= 4 is 28.0 Å². The van der Waals surface area contributed by atoms with Crippen LogP contribution in [0.2, 0.25) is 0 Å². The molecule has 0 saturated carbocycles. The van der Waals surface area contributed by atoms with Crippen molar-refractivity contribution in [2.45, 2.75) is 6.42 Å². The Bertz CT molecular complexity index is 932. The summed E-state index contributed by atoms with van der Waals surface area (Å²) >= 11 is 0. The van der Waals surface area contributed by atoms with Gasteiger partial charge < -0.3 is 10.2 Å². The van der Waals surface area contributed by atoms with E-state index in [4.69, 9.17) is 0 Å². The standard InChI is InChI=1S/C19H19N5O2/c25-24(26)18-5-4-17(15-6-9-20-12-16(15)18)23-10-7-14(13-23)11-22-19-3-1-2-8-21-19/h1-6,8-9,12,14H,7,10-11,13H2,(H,21,22)/t14-/m0/s1. The zero-order valence-corrected chi connectivity index (χ0v) is 14.2. The normalized spacial score (nSPS) is 16.8. The minimum Gasteiger partial charge on any atom is -0.371 e. The number of nitrogens with zero attached hydrogens (tertiary/aromatic N) is 4. The van der Waals surface area contributed by atoms with Crippen molar-refractivity contribution in [2.24, 2.45) is 5.92 Å². The number of hydrogen-bond donors (Lipinski definition) is 1. The molecule has 1 aliphatic heterocycles. The van der Waals surface area contributed by atoms with Crippen LogP contribution >= 0.6 is 0 Å². The van der Waals surface area contributed by atoms with E-state index in [2.05, 4.69) is 20.2 Å². The average Bonchev–Trinajstić information content (AvgIpc) is 3.15. The summed E-state index contributed by atoms with van der Waals surface area (Å²) in [7, 11) is 0. The molecular weight excluding hydrogens is 330 g/mol. The van der Waals surface area contributed by atoms with Gasteiger partial charge in [-0.25, -0.2) is 4.98 Å². The van der Waals surface area contributed by atoms with Gasteiger partial charge in [0.15, 0.2) is 0 Å². The average molecular weight is 349 g/mol. The van der Waals surface area contributed by atoms with Gasteiger partial charge in [0, 0.05) is 55.4 Å². The van der Waals surface area contributed by atoms with E-state index in [-0.39, 0.29) is 10.6 Å². The third kappa shape index (κ3) is 3.15. The molecule has 1 aliphatic rings. The van der Waals surface area contributed by atoms with E-state index in [1.54, 1.807) is 24.7 Å². The number of nitro benzene ring substituents is 1. The number of rotatable bonds is 5. The first kappa shape index (κ1) is 16.3. The molecule has 1 aromatic carbocycles. The van der Waals surface area contributed by atoms with Crippen LogP contribution in [0.3, 0.4) is 0 Å². The number of benzene rings is 1. The summed E-state index contributed by atoms with van der Waals surface area (Å²) in [6.07, 6.45) is 6.11. The summed E-state index contributed by atoms with van der Waals surface area (Å²) in [5, 5.41) is 16.1. The van der Waals surface area contributed by atoms with Crippen molar-refractivity contribution in [3.8, 4) is 0 Å². The van der Waals surface area contributed by atoms with Crippen LogP contribution in [0.1, 0.15) is 6.42 Å². The van der Waals surface area contributed by atoms with Crippen molar-refractivity contribution in [1.29, 1.82) is 0 Å². The van der Waals surface area contributed by atoms with E-state index < -0.39 is 0 Å². The number of anilines is 2. The molecule has 0 aliphatic carbocycles. The van der Waals surface area contributed by atoms with E-state index in [0.29, 0.717) is 11.3 Å². The van der Waals surface area contributed by atoms with Gasteiger partial charge in [-0.15, -0.1) is 0 Å². The molecule has 0 radical (unpaired) electrons. The van der Waals surface area contributed by atoms with Gasteiger partial charge in [0.2, 0.25) is 0 Å². The summed E-state index contributed by atoms with van der Waals surface area (Å²) in [5.41, 5.74) is 1.14. The van der Waals surface area contributed by atoms with Gasteiger partial charge in [-0.1, -0.05) is 6.07 Å². The molecule has 1 atom stereocenters. The molecule has 0 unspecified atom stereocenters. The summed E-state index contributed by atoms with van der Waals surface area (Å²) in [6.45, 7) is 2.71. The Kier molecular flexibility index (Phi) is 4.35.